The van der Waals surface area contributed by atoms with Gasteiger partial charge >= 0.3 is 0 Å². The standard InChI is InChI=1S/C15H23NO2/c1-12(11-17-2)9-16-10-15-14-6-4-3-5-13(14)7-8-18-15/h3-6,12,15-16H,7-11H2,1-2H3. The van der Waals surface area contributed by atoms with Gasteiger partial charge in [-0.25, -0.2) is 0 Å². The van der Waals surface area contributed by atoms with Crippen molar-refractivity contribution in [2.24, 2.45) is 5.92 Å². The Morgan fingerprint density at radius 1 is 1.44 bits per heavy atom. The molecule has 0 aliphatic carbocycles. The molecule has 0 aromatic heterocycles. The first-order valence-electron chi connectivity index (χ1n) is 6.70. The van der Waals surface area contributed by atoms with Crippen molar-refractivity contribution in [3.8, 4) is 0 Å². The fourth-order valence-corrected chi connectivity index (χ4v) is 2.45. The van der Waals surface area contributed by atoms with Gasteiger partial charge in [0, 0.05) is 26.8 Å². The molecule has 0 spiro atoms. The maximum atomic E-state index is 5.85. The number of fused-ring (bicyclic) bond motifs is 1. The summed E-state index contributed by atoms with van der Waals surface area (Å²) in [6.45, 7) is 5.67. The molecule has 2 rings (SSSR count). The first-order chi connectivity index (χ1) is 8.81. The van der Waals surface area contributed by atoms with E-state index in [1.54, 1.807) is 7.11 Å². The van der Waals surface area contributed by atoms with Gasteiger partial charge in [-0.3, -0.25) is 0 Å². The minimum atomic E-state index is 0.199. The molecule has 2 atom stereocenters. The minimum absolute atomic E-state index is 0.199. The molecular formula is C15H23NO2. The summed E-state index contributed by atoms with van der Waals surface area (Å²) in [4.78, 5) is 0. The van der Waals surface area contributed by atoms with E-state index >= 15 is 0 Å². The van der Waals surface area contributed by atoms with Crippen LogP contribution >= 0.6 is 0 Å². The minimum Gasteiger partial charge on any atom is -0.384 e. The molecule has 0 saturated carbocycles. The number of nitrogens with one attached hydrogen (secondary N) is 1. The number of methoxy groups -OCH3 is 1. The van der Waals surface area contributed by atoms with Crippen LogP contribution in [0.5, 0.6) is 0 Å². The van der Waals surface area contributed by atoms with Crippen LogP contribution in [0.4, 0.5) is 0 Å². The molecule has 1 heterocycles. The molecule has 2 unspecified atom stereocenters. The van der Waals surface area contributed by atoms with E-state index in [0.29, 0.717) is 5.92 Å². The van der Waals surface area contributed by atoms with E-state index in [-0.39, 0.29) is 6.10 Å². The summed E-state index contributed by atoms with van der Waals surface area (Å²) in [6.07, 6.45) is 1.23. The highest BCUT2D eigenvalue weighted by Crippen LogP contribution is 2.26. The Kier molecular flexibility index (Phi) is 5.17. The summed E-state index contributed by atoms with van der Waals surface area (Å²) in [6, 6.07) is 8.58. The average Bonchev–Trinajstić information content (AvgIpc) is 2.39. The summed E-state index contributed by atoms with van der Waals surface area (Å²) in [5, 5.41) is 3.48. The molecule has 0 bridgehead atoms. The number of ether oxygens (including phenoxy) is 2. The number of hydrogen-bond acceptors (Lipinski definition) is 3. The van der Waals surface area contributed by atoms with Crippen molar-refractivity contribution >= 4 is 0 Å². The van der Waals surface area contributed by atoms with Gasteiger partial charge in [0.05, 0.1) is 12.7 Å². The van der Waals surface area contributed by atoms with E-state index in [4.69, 9.17) is 9.47 Å². The molecule has 0 amide bonds. The quantitative estimate of drug-likeness (QED) is 0.838. The van der Waals surface area contributed by atoms with Crippen LogP contribution in [-0.4, -0.2) is 33.4 Å². The van der Waals surface area contributed by atoms with Crippen molar-refractivity contribution in [2.75, 3.05) is 33.4 Å². The Morgan fingerprint density at radius 2 is 2.28 bits per heavy atom. The van der Waals surface area contributed by atoms with Gasteiger partial charge in [0.2, 0.25) is 0 Å². The Balaban J connectivity index is 1.84. The summed E-state index contributed by atoms with van der Waals surface area (Å²) in [5.41, 5.74) is 2.77. The SMILES string of the molecule is COCC(C)CNCC1OCCc2ccccc21. The molecule has 100 valence electrons. The second-order valence-corrected chi connectivity index (χ2v) is 5.03. The molecule has 1 aromatic carbocycles. The maximum absolute atomic E-state index is 5.85. The van der Waals surface area contributed by atoms with Gasteiger partial charge in [0.25, 0.3) is 0 Å². The van der Waals surface area contributed by atoms with E-state index < -0.39 is 0 Å². The van der Waals surface area contributed by atoms with Crippen molar-refractivity contribution in [1.82, 2.24) is 5.32 Å². The lowest BCUT2D eigenvalue weighted by atomic mass is 9.97. The first-order valence-corrected chi connectivity index (χ1v) is 6.70. The van der Waals surface area contributed by atoms with Crippen LogP contribution in [0, 0.1) is 5.92 Å². The molecule has 0 saturated heterocycles. The molecule has 18 heavy (non-hydrogen) atoms. The fourth-order valence-electron chi connectivity index (χ4n) is 2.45. The molecule has 1 aliphatic rings. The molecule has 0 radical (unpaired) electrons. The van der Waals surface area contributed by atoms with Crippen LogP contribution in [0.2, 0.25) is 0 Å². The summed E-state index contributed by atoms with van der Waals surface area (Å²) in [7, 11) is 1.75. The highest BCUT2D eigenvalue weighted by Gasteiger charge is 2.19. The molecule has 3 heteroatoms. The maximum Gasteiger partial charge on any atom is 0.0952 e. The second-order valence-electron chi connectivity index (χ2n) is 5.03. The highest BCUT2D eigenvalue weighted by atomic mass is 16.5. The zero-order valence-corrected chi connectivity index (χ0v) is 11.3. The Morgan fingerprint density at radius 3 is 3.11 bits per heavy atom. The van der Waals surface area contributed by atoms with Gasteiger partial charge in [-0.05, 0) is 23.5 Å². The number of hydrogen-bond donors (Lipinski definition) is 1. The predicted octanol–water partition coefficient (Wildman–Crippen LogP) is 2.17. The van der Waals surface area contributed by atoms with E-state index in [1.807, 2.05) is 0 Å². The van der Waals surface area contributed by atoms with Gasteiger partial charge in [-0.15, -0.1) is 0 Å². The molecule has 1 N–H and O–H groups in total. The first kappa shape index (κ1) is 13.5. The monoisotopic (exact) mass is 249 g/mol. The van der Waals surface area contributed by atoms with Crippen LogP contribution in [0.3, 0.4) is 0 Å². The van der Waals surface area contributed by atoms with Crippen LogP contribution in [0.25, 0.3) is 0 Å². The average molecular weight is 249 g/mol. The smallest absolute Gasteiger partial charge is 0.0952 e. The largest absolute Gasteiger partial charge is 0.384 e. The Bertz CT molecular complexity index is 367. The van der Waals surface area contributed by atoms with Crippen molar-refractivity contribution in [1.29, 1.82) is 0 Å². The third-order valence-corrected chi connectivity index (χ3v) is 3.37. The predicted molar refractivity (Wildman–Crippen MR) is 72.7 cm³/mol. The summed E-state index contributed by atoms with van der Waals surface area (Å²) >= 11 is 0. The zero-order chi connectivity index (χ0) is 12.8. The zero-order valence-electron chi connectivity index (χ0n) is 11.3. The Labute approximate surface area is 109 Å². The van der Waals surface area contributed by atoms with Gasteiger partial charge in [0.1, 0.15) is 0 Å². The van der Waals surface area contributed by atoms with Gasteiger partial charge in [-0.2, -0.15) is 0 Å². The van der Waals surface area contributed by atoms with Gasteiger partial charge in [0.15, 0.2) is 0 Å². The van der Waals surface area contributed by atoms with Crippen LogP contribution in [0.1, 0.15) is 24.2 Å². The van der Waals surface area contributed by atoms with Crippen molar-refractivity contribution in [2.45, 2.75) is 19.4 Å². The lowest BCUT2D eigenvalue weighted by Crippen LogP contribution is -2.31. The highest BCUT2D eigenvalue weighted by molar-refractivity contribution is 5.31. The summed E-state index contributed by atoms with van der Waals surface area (Å²) < 4.78 is 11.0. The van der Waals surface area contributed by atoms with Crippen LogP contribution in [-0.2, 0) is 15.9 Å². The third kappa shape index (κ3) is 3.55. The molecule has 1 aliphatic heterocycles. The van der Waals surface area contributed by atoms with Crippen molar-refractivity contribution < 1.29 is 9.47 Å². The fraction of sp³-hybridized carbons (Fsp3) is 0.600. The molecule has 3 nitrogen and oxygen atoms in total. The third-order valence-electron chi connectivity index (χ3n) is 3.37. The molecule has 0 fully saturated rings. The second kappa shape index (κ2) is 6.88. The van der Waals surface area contributed by atoms with Gasteiger partial charge in [-0.1, -0.05) is 31.2 Å². The molecular weight excluding hydrogens is 226 g/mol. The topological polar surface area (TPSA) is 30.5 Å². The molecule has 1 aromatic rings. The van der Waals surface area contributed by atoms with E-state index in [1.165, 1.54) is 11.1 Å². The Hall–Kier alpha value is -0.900. The van der Waals surface area contributed by atoms with Crippen molar-refractivity contribution in [3.05, 3.63) is 35.4 Å². The van der Waals surface area contributed by atoms with E-state index in [2.05, 4.69) is 36.5 Å². The lowest BCUT2D eigenvalue weighted by Gasteiger charge is -2.26. The number of rotatable bonds is 6. The lowest BCUT2D eigenvalue weighted by molar-refractivity contribution is 0.0412. The van der Waals surface area contributed by atoms with Crippen LogP contribution < -0.4 is 5.32 Å². The van der Waals surface area contributed by atoms with Crippen LogP contribution in [0.15, 0.2) is 24.3 Å². The van der Waals surface area contributed by atoms with Gasteiger partial charge < -0.3 is 14.8 Å². The normalized spacial score (nSPS) is 20.4. The van der Waals surface area contributed by atoms with E-state index in [9.17, 15) is 0 Å². The van der Waals surface area contributed by atoms with E-state index in [0.717, 1.165) is 32.7 Å². The van der Waals surface area contributed by atoms with Crippen molar-refractivity contribution in [3.63, 3.8) is 0 Å². The number of benzene rings is 1. The summed E-state index contributed by atoms with van der Waals surface area (Å²) in [5.74, 6) is 0.536.